The number of aryl methyl sites for hydroxylation is 1. The Morgan fingerprint density at radius 1 is 1.47 bits per heavy atom. The molecule has 0 bridgehead atoms. The normalized spacial score (nSPS) is 18.8. The Hall–Kier alpha value is -0.650. The number of aromatic nitrogens is 1. The van der Waals surface area contributed by atoms with Gasteiger partial charge in [-0.3, -0.25) is 0 Å². The van der Waals surface area contributed by atoms with Crippen molar-refractivity contribution in [3.8, 4) is 0 Å². The summed E-state index contributed by atoms with van der Waals surface area (Å²) in [6.07, 6.45) is 1.17. The van der Waals surface area contributed by atoms with Gasteiger partial charge in [-0.25, -0.2) is 4.98 Å². The quantitative estimate of drug-likeness (QED) is 0.843. The van der Waals surface area contributed by atoms with Crippen molar-refractivity contribution in [1.29, 1.82) is 0 Å². The molecule has 0 amide bonds. The highest BCUT2D eigenvalue weighted by Crippen LogP contribution is 2.29. The largest absolute Gasteiger partial charge is 0.372 e. The molecule has 0 radical (unpaired) electrons. The summed E-state index contributed by atoms with van der Waals surface area (Å²) in [6, 6.07) is 0. The highest BCUT2D eigenvalue weighted by atomic mass is 32.1. The molecule has 1 saturated heterocycles. The van der Waals surface area contributed by atoms with Gasteiger partial charge in [-0.15, -0.1) is 11.3 Å². The molecule has 0 unspecified atom stereocenters. The van der Waals surface area contributed by atoms with E-state index in [1.165, 1.54) is 11.3 Å². The average molecular weight is 283 g/mol. The Labute approximate surface area is 120 Å². The van der Waals surface area contributed by atoms with E-state index in [4.69, 9.17) is 9.72 Å². The van der Waals surface area contributed by atoms with E-state index in [1.54, 1.807) is 0 Å². The van der Waals surface area contributed by atoms with E-state index in [0.717, 1.165) is 43.6 Å². The predicted octanol–water partition coefficient (Wildman–Crippen LogP) is 2.57. The summed E-state index contributed by atoms with van der Waals surface area (Å²) in [7, 11) is 0. The lowest BCUT2D eigenvalue weighted by Gasteiger charge is -2.38. The molecule has 0 atom stereocenters. The molecule has 0 spiro atoms. The zero-order valence-electron chi connectivity index (χ0n) is 12.5. The van der Waals surface area contributed by atoms with E-state index in [1.807, 2.05) is 11.3 Å². The Morgan fingerprint density at radius 2 is 2.26 bits per heavy atom. The predicted molar refractivity (Wildman–Crippen MR) is 81.1 cm³/mol. The van der Waals surface area contributed by atoms with Crippen LogP contribution in [0.2, 0.25) is 0 Å². The zero-order chi connectivity index (χ0) is 13.9. The third kappa shape index (κ3) is 3.91. The number of nitrogens with one attached hydrogen (secondary N) is 1. The first-order chi connectivity index (χ1) is 9.02. The summed E-state index contributed by atoms with van der Waals surface area (Å²) >= 11 is 1.81. The highest BCUT2D eigenvalue weighted by molar-refractivity contribution is 7.15. The Bertz CT molecular complexity index is 417. The molecule has 1 aliphatic rings. The highest BCUT2D eigenvalue weighted by Gasteiger charge is 2.29. The van der Waals surface area contributed by atoms with Crippen molar-refractivity contribution in [2.75, 3.05) is 31.1 Å². The van der Waals surface area contributed by atoms with Gasteiger partial charge < -0.3 is 15.0 Å². The molecule has 0 aromatic carbocycles. The minimum atomic E-state index is -0.0710. The molecule has 19 heavy (non-hydrogen) atoms. The molecule has 1 aromatic heterocycles. The van der Waals surface area contributed by atoms with Crippen LogP contribution in [0.4, 0.5) is 5.13 Å². The Kier molecular flexibility index (Phi) is 4.81. The van der Waals surface area contributed by atoms with Gasteiger partial charge >= 0.3 is 0 Å². The molecule has 5 heteroatoms. The van der Waals surface area contributed by atoms with Gasteiger partial charge in [-0.2, -0.15) is 0 Å². The van der Waals surface area contributed by atoms with Crippen molar-refractivity contribution in [3.05, 3.63) is 10.6 Å². The van der Waals surface area contributed by atoms with Gasteiger partial charge in [-0.1, -0.05) is 6.92 Å². The van der Waals surface area contributed by atoms with Crippen LogP contribution in [0.5, 0.6) is 0 Å². The van der Waals surface area contributed by atoms with Crippen LogP contribution in [0.1, 0.15) is 37.8 Å². The SMILES string of the molecule is CCCNCc1sc(N2CCOC(C)(C)C2)nc1C. The topological polar surface area (TPSA) is 37.4 Å². The Morgan fingerprint density at radius 3 is 2.95 bits per heavy atom. The van der Waals surface area contributed by atoms with Crippen LogP contribution in [-0.2, 0) is 11.3 Å². The lowest BCUT2D eigenvalue weighted by molar-refractivity contribution is -0.0277. The summed E-state index contributed by atoms with van der Waals surface area (Å²) in [5, 5.41) is 4.59. The van der Waals surface area contributed by atoms with E-state index in [9.17, 15) is 0 Å². The van der Waals surface area contributed by atoms with E-state index < -0.39 is 0 Å². The maximum atomic E-state index is 5.76. The van der Waals surface area contributed by atoms with Crippen molar-refractivity contribution >= 4 is 16.5 Å². The van der Waals surface area contributed by atoms with Gasteiger partial charge in [0.2, 0.25) is 0 Å². The molecule has 108 valence electrons. The molecule has 2 rings (SSSR count). The maximum Gasteiger partial charge on any atom is 0.185 e. The van der Waals surface area contributed by atoms with Gasteiger partial charge in [0.15, 0.2) is 5.13 Å². The molecule has 0 saturated carbocycles. The van der Waals surface area contributed by atoms with Crippen molar-refractivity contribution in [3.63, 3.8) is 0 Å². The number of nitrogens with zero attached hydrogens (tertiary/aromatic N) is 2. The fourth-order valence-electron chi connectivity index (χ4n) is 2.27. The summed E-state index contributed by atoms with van der Waals surface area (Å²) in [4.78, 5) is 8.43. The lowest BCUT2D eigenvalue weighted by Crippen LogP contribution is -2.48. The van der Waals surface area contributed by atoms with Crippen molar-refractivity contribution < 1.29 is 4.74 Å². The summed E-state index contributed by atoms with van der Waals surface area (Å²) in [5.41, 5.74) is 1.09. The molecule has 0 aliphatic carbocycles. The van der Waals surface area contributed by atoms with Crippen LogP contribution >= 0.6 is 11.3 Å². The minimum absolute atomic E-state index is 0.0710. The van der Waals surface area contributed by atoms with E-state index in [0.29, 0.717) is 0 Å². The molecule has 1 aliphatic heterocycles. The standard InChI is InChI=1S/C14H25N3OS/c1-5-6-15-9-12-11(2)16-13(19-12)17-7-8-18-14(3,4)10-17/h15H,5-10H2,1-4H3. The molecule has 1 N–H and O–H groups in total. The second kappa shape index (κ2) is 6.20. The van der Waals surface area contributed by atoms with Gasteiger partial charge in [0.25, 0.3) is 0 Å². The number of ether oxygens (including phenoxy) is 1. The molecule has 1 aromatic rings. The first kappa shape index (κ1) is 14.8. The lowest BCUT2D eigenvalue weighted by atomic mass is 10.1. The van der Waals surface area contributed by atoms with Crippen LogP contribution in [0.3, 0.4) is 0 Å². The van der Waals surface area contributed by atoms with Crippen LogP contribution < -0.4 is 10.2 Å². The number of hydrogen-bond acceptors (Lipinski definition) is 5. The number of thiazole rings is 1. The second-order valence-corrected chi connectivity index (χ2v) is 6.77. The number of hydrogen-bond donors (Lipinski definition) is 1. The molecular formula is C14H25N3OS. The van der Waals surface area contributed by atoms with Crippen molar-refractivity contribution in [1.82, 2.24) is 10.3 Å². The molecule has 2 heterocycles. The van der Waals surface area contributed by atoms with Gasteiger partial charge in [0.1, 0.15) is 0 Å². The Balaban J connectivity index is 2.02. The van der Waals surface area contributed by atoms with Gasteiger partial charge in [0.05, 0.1) is 17.9 Å². The third-order valence-electron chi connectivity index (χ3n) is 3.29. The number of rotatable bonds is 5. The summed E-state index contributed by atoms with van der Waals surface area (Å²) in [6.45, 7) is 13.2. The van der Waals surface area contributed by atoms with E-state index in [2.05, 4.69) is 37.9 Å². The molecule has 4 nitrogen and oxygen atoms in total. The van der Waals surface area contributed by atoms with Crippen LogP contribution in [0.15, 0.2) is 0 Å². The van der Waals surface area contributed by atoms with Crippen molar-refractivity contribution in [2.45, 2.75) is 46.3 Å². The number of anilines is 1. The average Bonchev–Trinajstić information content (AvgIpc) is 2.70. The van der Waals surface area contributed by atoms with Gasteiger partial charge in [0, 0.05) is 24.5 Å². The van der Waals surface area contributed by atoms with E-state index >= 15 is 0 Å². The van der Waals surface area contributed by atoms with Crippen LogP contribution in [0.25, 0.3) is 0 Å². The first-order valence-corrected chi connectivity index (χ1v) is 7.89. The summed E-state index contributed by atoms with van der Waals surface area (Å²) in [5.74, 6) is 0. The first-order valence-electron chi connectivity index (χ1n) is 7.08. The molecular weight excluding hydrogens is 258 g/mol. The maximum absolute atomic E-state index is 5.76. The van der Waals surface area contributed by atoms with E-state index in [-0.39, 0.29) is 5.60 Å². The monoisotopic (exact) mass is 283 g/mol. The number of morpholine rings is 1. The van der Waals surface area contributed by atoms with Crippen LogP contribution in [0, 0.1) is 6.92 Å². The smallest absolute Gasteiger partial charge is 0.185 e. The summed E-state index contributed by atoms with van der Waals surface area (Å²) < 4.78 is 5.76. The fraction of sp³-hybridized carbons (Fsp3) is 0.786. The fourth-order valence-corrected chi connectivity index (χ4v) is 3.33. The zero-order valence-corrected chi connectivity index (χ0v) is 13.3. The minimum Gasteiger partial charge on any atom is -0.372 e. The molecule has 1 fully saturated rings. The van der Waals surface area contributed by atoms with Crippen molar-refractivity contribution in [2.24, 2.45) is 0 Å². The third-order valence-corrected chi connectivity index (χ3v) is 4.51. The van der Waals surface area contributed by atoms with Crippen LogP contribution in [-0.4, -0.2) is 36.8 Å². The van der Waals surface area contributed by atoms with Gasteiger partial charge in [-0.05, 0) is 33.7 Å². The second-order valence-electron chi connectivity index (χ2n) is 5.71.